The summed E-state index contributed by atoms with van der Waals surface area (Å²) in [5.74, 6) is -2.38. The van der Waals surface area contributed by atoms with Crippen molar-refractivity contribution in [2.24, 2.45) is 0 Å². The van der Waals surface area contributed by atoms with Crippen LogP contribution in [0.4, 0.5) is 8.78 Å². The van der Waals surface area contributed by atoms with Gasteiger partial charge in [0.25, 0.3) is 0 Å². The van der Waals surface area contributed by atoms with E-state index in [0.717, 1.165) is 36.2 Å². The normalized spacial score (nSPS) is 11.7. The van der Waals surface area contributed by atoms with E-state index in [-0.39, 0.29) is 18.4 Å². The summed E-state index contributed by atoms with van der Waals surface area (Å²) < 4.78 is 33.2. The van der Waals surface area contributed by atoms with E-state index >= 15 is 0 Å². The fourth-order valence-corrected chi connectivity index (χ4v) is 3.39. The minimum atomic E-state index is -0.959. The molecule has 162 valence electrons. The Morgan fingerprint density at radius 2 is 1.73 bits per heavy atom. The quantitative estimate of drug-likeness (QED) is 0.426. The van der Waals surface area contributed by atoms with E-state index < -0.39 is 17.6 Å². The lowest BCUT2D eigenvalue weighted by atomic mass is 9.86. The van der Waals surface area contributed by atoms with E-state index in [4.69, 9.17) is 9.72 Å². The number of benzene rings is 1. The van der Waals surface area contributed by atoms with Gasteiger partial charge >= 0.3 is 5.97 Å². The van der Waals surface area contributed by atoms with Crippen molar-refractivity contribution in [2.45, 2.75) is 66.2 Å². The zero-order valence-electron chi connectivity index (χ0n) is 18.7. The van der Waals surface area contributed by atoms with Crippen LogP contribution in [0.15, 0.2) is 24.3 Å². The number of rotatable bonds is 8. The van der Waals surface area contributed by atoms with E-state index in [2.05, 4.69) is 6.92 Å². The van der Waals surface area contributed by atoms with Gasteiger partial charge in [-0.1, -0.05) is 59.3 Å². The molecular formula is C25H31F2NO2. The maximum absolute atomic E-state index is 14.2. The molecule has 0 atom stereocenters. The summed E-state index contributed by atoms with van der Waals surface area (Å²) in [6.07, 6.45) is 5.79. The number of carbonyl (C=O) groups excluding carboxylic acids is 1. The Balaban J connectivity index is 3.01. The van der Waals surface area contributed by atoms with Gasteiger partial charge in [0.05, 0.1) is 23.6 Å². The molecule has 0 spiro atoms. The molecule has 2 rings (SSSR count). The molecule has 3 nitrogen and oxygen atoms in total. The van der Waals surface area contributed by atoms with Crippen molar-refractivity contribution in [3.05, 3.63) is 58.4 Å². The molecule has 0 saturated heterocycles. The van der Waals surface area contributed by atoms with Gasteiger partial charge < -0.3 is 4.74 Å². The largest absolute Gasteiger partial charge is 0.462 e. The van der Waals surface area contributed by atoms with Gasteiger partial charge in [0, 0.05) is 11.1 Å². The van der Waals surface area contributed by atoms with Gasteiger partial charge in [0.1, 0.15) is 0 Å². The van der Waals surface area contributed by atoms with Crippen LogP contribution < -0.4 is 0 Å². The topological polar surface area (TPSA) is 39.2 Å². The third kappa shape index (κ3) is 5.13. The standard InChI is InChI=1S/C25H31F2NO2/c1-7-9-10-11-18-21(17-12-13-19(26)20(27)14-17)22(25(29)30-8-2)24(16(5)6)28-23(18)15(3)4/h10-16H,7-9H2,1-6H3/b11-10+. The summed E-state index contributed by atoms with van der Waals surface area (Å²) >= 11 is 0. The highest BCUT2D eigenvalue weighted by molar-refractivity contribution is 6.01. The Labute approximate surface area is 178 Å². The molecule has 0 aliphatic rings. The third-order valence-electron chi connectivity index (χ3n) is 4.81. The monoisotopic (exact) mass is 415 g/mol. The highest BCUT2D eigenvalue weighted by atomic mass is 19.2. The first-order valence-electron chi connectivity index (χ1n) is 10.6. The molecular weight excluding hydrogens is 384 g/mol. The first kappa shape index (κ1) is 23.7. The Kier molecular flexibility index (Phi) is 8.27. The minimum absolute atomic E-state index is 0.0559. The molecule has 0 radical (unpaired) electrons. The second-order valence-electron chi connectivity index (χ2n) is 7.90. The number of ether oxygens (including phenoxy) is 1. The lowest BCUT2D eigenvalue weighted by molar-refractivity contribution is 0.0525. The molecule has 0 saturated carbocycles. The maximum Gasteiger partial charge on any atom is 0.340 e. The number of hydrogen-bond acceptors (Lipinski definition) is 3. The van der Waals surface area contributed by atoms with E-state index in [1.807, 2.05) is 39.8 Å². The number of aromatic nitrogens is 1. The van der Waals surface area contributed by atoms with Crippen LogP contribution >= 0.6 is 0 Å². The highest BCUT2D eigenvalue weighted by Gasteiger charge is 2.28. The molecule has 1 aromatic heterocycles. The highest BCUT2D eigenvalue weighted by Crippen LogP contribution is 2.38. The fraction of sp³-hybridized carbons (Fsp3) is 0.440. The summed E-state index contributed by atoms with van der Waals surface area (Å²) in [5, 5.41) is 0. The van der Waals surface area contributed by atoms with Crippen LogP contribution in [0.3, 0.4) is 0 Å². The van der Waals surface area contributed by atoms with Gasteiger partial charge in [-0.25, -0.2) is 13.6 Å². The zero-order valence-corrected chi connectivity index (χ0v) is 18.7. The molecule has 2 aromatic rings. The maximum atomic E-state index is 14.2. The zero-order chi connectivity index (χ0) is 22.4. The second-order valence-corrected chi connectivity index (χ2v) is 7.90. The lowest BCUT2D eigenvalue weighted by Crippen LogP contribution is -2.16. The molecule has 1 aromatic carbocycles. The molecule has 5 heteroatoms. The van der Waals surface area contributed by atoms with Crippen molar-refractivity contribution in [2.75, 3.05) is 6.61 Å². The van der Waals surface area contributed by atoms with E-state index in [9.17, 15) is 13.6 Å². The number of pyridine rings is 1. The Morgan fingerprint density at radius 1 is 1.07 bits per heavy atom. The molecule has 0 N–H and O–H groups in total. The molecule has 0 unspecified atom stereocenters. The average molecular weight is 416 g/mol. The van der Waals surface area contributed by atoms with Crippen molar-refractivity contribution >= 4 is 12.0 Å². The van der Waals surface area contributed by atoms with Gasteiger partial charge in [-0.2, -0.15) is 0 Å². The van der Waals surface area contributed by atoms with Crippen LogP contribution in [0.5, 0.6) is 0 Å². The Hall–Kier alpha value is -2.56. The lowest BCUT2D eigenvalue weighted by Gasteiger charge is -2.22. The van der Waals surface area contributed by atoms with Crippen LogP contribution in [0.1, 0.15) is 93.5 Å². The van der Waals surface area contributed by atoms with E-state index in [1.165, 1.54) is 6.07 Å². The predicted octanol–water partition coefficient (Wildman–Crippen LogP) is 7.26. The van der Waals surface area contributed by atoms with Crippen molar-refractivity contribution < 1.29 is 18.3 Å². The number of hydrogen-bond donors (Lipinski definition) is 0. The van der Waals surface area contributed by atoms with Crippen LogP contribution in [-0.4, -0.2) is 17.6 Å². The number of allylic oxidation sites excluding steroid dienone is 1. The van der Waals surface area contributed by atoms with Gasteiger partial charge in [0.2, 0.25) is 0 Å². The Bertz CT molecular complexity index is 933. The summed E-state index contributed by atoms with van der Waals surface area (Å²) in [4.78, 5) is 17.9. The molecule has 0 aliphatic heterocycles. The summed E-state index contributed by atoms with van der Waals surface area (Å²) in [6, 6.07) is 3.73. The number of carbonyl (C=O) groups is 1. The van der Waals surface area contributed by atoms with Crippen molar-refractivity contribution in [1.82, 2.24) is 4.98 Å². The van der Waals surface area contributed by atoms with Crippen LogP contribution in [0.25, 0.3) is 17.2 Å². The van der Waals surface area contributed by atoms with Gasteiger partial charge in [-0.15, -0.1) is 0 Å². The Morgan fingerprint density at radius 3 is 2.27 bits per heavy atom. The molecule has 0 fully saturated rings. The van der Waals surface area contributed by atoms with Crippen molar-refractivity contribution in [1.29, 1.82) is 0 Å². The van der Waals surface area contributed by atoms with Crippen molar-refractivity contribution in [3.8, 4) is 11.1 Å². The van der Waals surface area contributed by atoms with E-state index in [0.29, 0.717) is 22.4 Å². The van der Waals surface area contributed by atoms with Crippen LogP contribution in [-0.2, 0) is 4.74 Å². The first-order chi connectivity index (χ1) is 14.2. The van der Waals surface area contributed by atoms with E-state index in [1.54, 1.807) is 6.92 Å². The molecule has 1 heterocycles. The van der Waals surface area contributed by atoms with Crippen LogP contribution in [0, 0.1) is 11.6 Å². The van der Waals surface area contributed by atoms with Gasteiger partial charge in [-0.3, -0.25) is 4.98 Å². The second kappa shape index (κ2) is 10.5. The van der Waals surface area contributed by atoms with Gasteiger partial charge in [0.15, 0.2) is 11.6 Å². The smallest absolute Gasteiger partial charge is 0.340 e. The first-order valence-corrected chi connectivity index (χ1v) is 10.6. The molecule has 30 heavy (non-hydrogen) atoms. The third-order valence-corrected chi connectivity index (χ3v) is 4.81. The summed E-state index contributed by atoms with van der Waals surface area (Å²) in [7, 11) is 0. The number of unbranched alkanes of at least 4 members (excludes halogenated alkanes) is 1. The molecule has 0 bridgehead atoms. The average Bonchev–Trinajstić information content (AvgIpc) is 2.69. The van der Waals surface area contributed by atoms with Gasteiger partial charge in [-0.05, 0) is 42.9 Å². The summed E-state index contributed by atoms with van der Waals surface area (Å²) in [6.45, 7) is 12.0. The number of esters is 1. The van der Waals surface area contributed by atoms with Crippen molar-refractivity contribution in [3.63, 3.8) is 0 Å². The summed E-state index contributed by atoms with van der Waals surface area (Å²) in [5.41, 5.74) is 3.46. The number of nitrogens with zero attached hydrogens (tertiary/aromatic N) is 1. The SMILES string of the molecule is CCC/C=C/c1c(C(C)C)nc(C(C)C)c(C(=O)OCC)c1-c1ccc(F)c(F)c1. The van der Waals surface area contributed by atoms with Crippen LogP contribution in [0.2, 0.25) is 0 Å². The molecule has 0 aliphatic carbocycles. The predicted molar refractivity (Wildman–Crippen MR) is 118 cm³/mol. The number of halogens is 2. The fourth-order valence-electron chi connectivity index (χ4n) is 3.39. The minimum Gasteiger partial charge on any atom is -0.462 e. The molecule has 0 amide bonds.